The molecule has 1 aromatic heterocycles. The van der Waals surface area contributed by atoms with Crippen LogP contribution in [0.15, 0.2) is 140 Å². The van der Waals surface area contributed by atoms with Gasteiger partial charge in [0.2, 0.25) is 0 Å². The number of hydrogen-bond donors (Lipinski definition) is 0. The fourth-order valence-electron chi connectivity index (χ4n) is 12.4. The van der Waals surface area contributed by atoms with Gasteiger partial charge >= 0.3 is 6.85 Å². The van der Waals surface area contributed by atoms with E-state index in [1.54, 1.807) is 0 Å². The zero-order valence-electron chi connectivity index (χ0n) is 37.3. The van der Waals surface area contributed by atoms with E-state index in [2.05, 4.69) is 218 Å². The van der Waals surface area contributed by atoms with Gasteiger partial charge in [0, 0.05) is 60.9 Å². The number of benzene rings is 7. The molecule has 0 amide bonds. The average molecular weight is 789 g/mol. The maximum atomic E-state index is 2.80. The summed E-state index contributed by atoms with van der Waals surface area (Å²) in [4.78, 5) is 2.67. The summed E-state index contributed by atoms with van der Waals surface area (Å²) >= 11 is 0. The van der Waals surface area contributed by atoms with E-state index in [-0.39, 0.29) is 28.5 Å². The van der Waals surface area contributed by atoms with E-state index in [1.807, 2.05) is 0 Å². The molecule has 298 valence electrons. The van der Waals surface area contributed by atoms with Crippen molar-refractivity contribution in [2.24, 2.45) is 0 Å². The van der Waals surface area contributed by atoms with Gasteiger partial charge in [-0.2, -0.15) is 0 Å². The summed E-state index contributed by atoms with van der Waals surface area (Å²) in [5.74, 6) is 0. The highest BCUT2D eigenvalue weighted by Gasteiger charge is 2.50. The van der Waals surface area contributed by atoms with Crippen LogP contribution >= 0.6 is 0 Å². The lowest BCUT2D eigenvalue weighted by molar-refractivity contribution is 0.521. The standard InChI is InChI=1S/C58H53BN2/c1-34-29-41-37-22-18-23-39-51-54(38-21-14-15-24-42(38)58(51,9)10)61(53(37)39)59-47-32-45-46(57(7,8)44-26-17-16-25-43(44)56(45,5)6)33-49(47)60(50(30-34)52(41)59)48-28-27-36(55(2,3)4)31-40(48)35-19-12-11-13-20-35/h11-33H,1-10H3. The van der Waals surface area contributed by atoms with Crippen LogP contribution in [0, 0.1) is 6.92 Å². The van der Waals surface area contributed by atoms with Gasteiger partial charge in [0.15, 0.2) is 0 Å². The van der Waals surface area contributed by atoms with Crippen molar-refractivity contribution in [3.8, 4) is 33.5 Å². The largest absolute Gasteiger partial charge is 0.375 e. The number of hydrogen-bond acceptors (Lipinski definition) is 1. The molecular weight excluding hydrogens is 735 g/mol. The van der Waals surface area contributed by atoms with Gasteiger partial charge in [-0.15, -0.1) is 0 Å². The summed E-state index contributed by atoms with van der Waals surface area (Å²) in [5.41, 5.74) is 26.4. The Morgan fingerprint density at radius 1 is 0.492 bits per heavy atom. The lowest BCUT2D eigenvalue weighted by atomic mass is 9.44. The number of nitrogens with zero attached hydrogens (tertiary/aromatic N) is 2. The zero-order chi connectivity index (χ0) is 42.1. The third kappa shape index (κ3) is 4.65. The van der Waals surface area contributed by atoms with E-state index in [1.165, 1.54) is 117 Å². The van der Waals surface area contributed by atoms with Crippen LogP contribution in [0.5, 0.6) is 0 Å². The van der Waals surface area contributed by atoms with Crippen LogP contribution < -0.4 is 15.8 Å². The fourth-order valence-corrected chi connectivity index (χ4v) is 12.4. The van der Waals surface area contributed by atoms with Gasteiger partial charge < -0.3 is 9.38 Å². The quantitative estimate of drug-likeness (QED) is 0.158. The highest BCUT2D eigenvalue weighted by Crippen LogP contribution is 2.57. The summed E-state index contributed by atoms with van der Waals surface area (Å²) in [6.07, 6.45) is 0. The van der Waals surface area contributed by atoms with Gasteiger partial charge in [0.1, 0.15) is 0 Å². The first-order valence-electron chi connectivity index (χ1n) is 22.3. The SMILES string of the molecule is Cc1cc2c3c(c1)N(c1ccc(C(C)(C)C)cc1-c1ccccc1)c1cc4c(cc1B3n1c3c(c5cccc-2c51)C(C)(C)c1ccccc1-3)C(C)(C)c1ccccc1C4(C)C. The minimum atomic E-state index is -0.206. The van der Waals surface area contributed by atoms with Gasteiger partial charge in [-0.1, -0.05) is 178 Å². The van der Waals surface area contributed by atoms with Crippen molar-refractivity contribution in [2.75, 3.05) is 4.90 Å². The molecule has 0 atom stereocenters. The van der Waals surface area contributed by atoms with Crippen molar-refractivity contribution in [3.05, 3.63) is 184 Å². The van der Waals surface area contributed by atoms with Crippen LogP contribution in [0.2, 0.25) is 0 Å². The maximum Gasteiger partial charge on any atom is 0.333 e. The van der Waals surface area contributed by atoms with Gasteiger partial charge in [0.05, 0.1) is 5.69 Å². The van der Waals surface area contributed by atoms with Gasteiger partial charge in [-0.25, -0.2) is 0 Å². The highest BCUT2D eigenvalue weighted by atomic mass is 15.2. The average Bonchev–Trinajstić information content (AvgIpc) is 3.71. The molecule has 0 spiro atoms. The lowest BCUT2D eigenvalue weighted by Gasteiger charge is -2.47. The first kappa shape index (κ1) is 36.8. The topological polar surface area (TPSA) is 8.17 Å². The third-order valence-corrected chi connectivity index (χ3v) is 15.4. The van der Waals surface area contributed by atoms with E-state index in [4.69, 9.17) is 0 Å². The van der Waals surface area contributed by atoms with Crippen LogP contribution in [0.4, 0.5) is 17.1 Å². The highest BCUT2D eigenvalue weighted by molar-refractivity contribution is 6.89. The molecule has 0 N–H and O–H groups in total. The smallest absolute Gasteiger partial charge is 0.333 e. The molecule has 2 aliphatic carbocycles. The molecule has 2 nitrogen and oxygen atoms in total. The van der Waals surface area contributed by atoms with Crippen LogP contribution in [0.25, 0.3) is 44.4 Å². The molecule has 61 heavy (non-hydrogen) atoms. The molecule has 0 unspecified atom stereocenters. The number of anilines is 3. The van der Waals surface area contributed by atoms with Crippen molar-refractivity contribution in [3.63, 3.8) is 0 Å². The molecule has 3 heteroatoms. The number of fused-ring (bicyclic) bond motifs is 11. The minimum absolute atomic E-state index is 0.00845. The van der Waals surface area contributed by atoms with Gasteiger partial charge in [0.25, 0.3) is 0 Å². The zero-order valence-corrected chi connectivity index (χ0v) is 37.3. The Morgan fingerprint density at radius 2 is 1.13 bits per heavy atom. The molecule has 3 heterocycles. The Labute approximate surface area is 362 Å². The van der Waals surface area contributed by atoms with E-state index >= 15 is 0 Å². The Morgan fingerprint density at radius 3 is 1.84 bits per heavy atom. The first-order chi connectivity index (χ1) is 29.1. The molecule has 2 aliphatic heterocycles. The predicted molar refractivity (Wildman–Crippen MR) is 260 cm³/mol. The van der Waals surface area contributed by atoms with E-state index in [0.717, 1.165) is 0 Å². The monoisotopic (exact) mass is 788 g/mol. The molecule has 0 radical (unpaired) electrons. The number of rotatable bonds is 2. The molecule has 8 aromatic rings. The fraction of sp³-hybridized carbons (Fsp3) is 0.241. The minimum Gasteiger partial charge on any atom is -0.375 e. The molecule has 0 saturated carbocycles. The Bertz CT molecular complexity index is 3220. The van der Waals surface area contributed by atoms with Crippen molar-refractivity contribution in [2.45, 2.75) is 90.9 Å². The van der Waals surface area contributed by atoms with E-state index in [9.17, 15) is 0 Å². The molecule has 4 aliphatic rings. The normalized spacial score (nSPS) is 16.7. The second-order valence-electron chi connectivity index (χ2n) is 21.0. The summed E-state index contributed by atoms with van der Waals surface area (Å²) in [5, 5.41) is 1.38. The number of aromatic nitrogens is 1. The van der Waals surface area contributed by atoms with Crippen LogP contribution in [-0.2, 0) is 21.7 Å². The van der Waals surface area contributed by atoms with Gasteiger partial charge in [-0.05, 0) is 103 Å². The molecule has 0 fully saturated rings. The number of aryl methyl sites for hydroxylation is 1. The third-order valence-electron chi connectivity index (χ3n) is 15.4. The summed E-state index contributed by atoms with van der Waals surface area (Å²) in [7, 11) is 0. The first-order valence-corrected chi connectivity index (χ1v) is 22.3. The summed E-state index contributed by atoms with van der Waals surface area (Å²) in [6.45, 7) is 23.9. The second-order valence-corrected chi connectivity index (χ2v) is 21.0. The summed E-state index contributed by atoms with van der Waals surface area (Å²) < 4.78 is 2.80. The van der Waals surface area contributed by atoms with Crippen LogP contribution in [0.3, 0.4) is 0 Å². The maximum absolute atomic E-state index is 2.80. The van der Waals surface area contributed by atoms with E-state index in [0.29, 0.717) is 0 Å². The van der Waals surface area contributed by atoms with Crippen LogP contribution in [0.1, 0.15) is 107 Å². The molecule has 0 bridgehead atoms. The Hall–Kier alpha value is -6.06. The summed E-state index contributed by atoms with van der Waals surface area (Å²) in [6, 6.07) is 54.1. The van der Waals surface area contributed by atoms with Crippen molar-refractivity contribution >= 4 is 45.7 Å². The van der Waals surface area contributed by atoms with Crippen molar-refractivity contribution < 1.29 is 0 Å². The molecule has 0 saturated heterocycles. The van der Waals surface area contributed by atoms with Crippen molar-refractivity contribution in [1.29, 1.82) is 0 Å². The van der Waals surface area contributed by atoms with Crippen LogP contribution in [-0.4, -0.2) is 11.3 Å². The van der Waals surface area contributed by atoms with Crippen molar-refractivity contribution in [1.82, 2.24) is 4.48 Å². The van der Waals surface area contributed by atoms with Gasteiger partial charge in [-0.3, -0.25) is 0 Å². The molecular formula is C58H53BN2. The predicted octanol–water partition coefficient (Wildman–Crippen LogP) is 13.6. The molecule has 12 rings (SSSR count). The number of para-hydroxylation sites is 1. The molecule has 7 aromatic carbocycles. The second kappa shape index (κ2) is 11.9. The van der Waals surface area contributed by atoms with E-state index < -0.39 is 0 Å². The Balaban J connectivity index is 1.26. The lowest BCUT2D eigenvalue weighted by Crippen LogP contribution is -2.57. The Kier molecular flexibility index (Phi) is 7.15.